The van der Waals surface area contributed by atoms with Gasteiger partial charge in [-0.1, -0.05) is 0 Å². The molecule has 21 heavy (non-hydrogen) atoms. The molecule has 0 aliphatic rings. The van der Waals surface area contributed by atoms with Crippen molar-refractivity contribution in [3.63, 3.8) is 0 Å². The van der Waals surface area contributed by atoms with Gasteiger partial charge in [-0.2, -0.15) is 0 Å². The van der Waals surface area contributed by atoms with Gasteiger partial charge in [0.05, 0.1) is 0 Å². The summed E-state index contributed by atoms with van der Waals surface area (Å²) < 4.78 is 0. The van der Waals surface area contributed by atoms with Crippen molar-refractivity contribution in [2.45, 2.75) is 19.3 Å². The van der Waals surface area contributed by atoms with Crippen molar-refractivity contribution in [1.82, 2.24) is 0 Å². The molecule has 0 atom stereocenters. The molecular formula is C17H23O3P. The first-order valence-corrected chi connectivity index (χ1v) is 9.73. The fourth-order valence-corrected chi connectivity index (χ4v) is 4.11. The van der Waals surface area contributed by atoms with Gasteiger partial charge in [0.15, 0.2) is 0 Å². The van der Waals surface area contributed by atoms with Crippen LogP contribution in [0.1, 0.15) is 17.5 Å². The first-order chi connectivity index (χ1) is 9.92. The second-order valence-electron chi connectivity index (χ2n) is 5.61. The van der Waals surface area contributed by atoms with E-state index in [0.29, 0.717) is 12.8 Å². The minimum absolute atomic E-state index is 0.0321. The van der Waals surface area contributed by atoms with Gasteiger partial charge >= 0.3 is 125 Å². The van der Waals surface area contributed by atoms with Crippen molar-refractivity contribution in [1.29, 1.82) is 0 Å². The first kappa shape index (κ1) is 16.1. The van der Waals surface area contributed by atoms with Crippen LogP contribution in [0.5, 0.6) is 0 Å². The molecule has 0 radical (unpaired) electrons. The summed E-state index contributed by atoms with van der Waals surface area (Å²) in [6.07, 6.45) is 1.89. The fraction of sp³-hybridized carbons (Fsp3) is 0.294. The Balaban J connectivity index is 1.84. The summed E-state index contributed by atoms with van der Waals surface area (Å²) in [5.74, 6) is 0. The van der Waals surface area contributed by atoms with Crippen LogP contribution in [0, 0.1) is 0 Å². The summed E-state index contributed by atoms with van der Waals surface area (Å²) >= 11 is 0. The number of hydrogen-bond acceptors (Lipinski definition) is 3. The Morgan fingerprint density at radius 3 is 1.62 bits per heavy atom. The van der Waals surface area contributed by atoms with Crippen LogP contribution in [-0.2, 0) is 12.8 Å². The van der Waals surface area contributed by atoms with Crippen LogP contribution in [0.4, 0.5) is 0 Å². The van der Waals surface area contributed by atoms with Gasteiger partial charge in [-0.15, -0.1) is 0 Å². The van der Waals surface area contributed by atoms with Crippen molar-refractivity contribution >= 4 is 7.28 Å². The Labute approximate surface area is 126 Å². The molecule has 0 spiro atoms. The van der Waals surface area contributed by atoms with Crippen LogP contribution in [0.15, 0.2) is 60.7 Å². The summed E-state index contributed by atoms with van der Waals surface area (Å²) in [5, 5.41) is 0. The molecule has 4 heteroatoms. The molecule has 3 nitrogen and oxygen atoms in total. The van der Waals surface area contributed by atoms with Crippen LogP contribution in [0.2, 0.25) is 0 Å². The van der Waals surface area contributed by atoms with Gasteiger partial charge in [0, 0.05) is 0 Å². The average Bonchev–Trinajstić information content (AvgIpc) is 2.47. The van der Waals surface area contributed by atoms with E-state index in [4.69, 9.17) is 0 Å². The van der Waals surface area contributed by atoms with Gasteiger partial charge in [-0.25, -0.2) is 0 Å². The molecule has 0 bridgehead atoms. The summed E-state index contributed by atoms with van der Waals surface area (Å²) in [6.45, 7) is 0. The molecule has 0 heterocycles. The Morgan fingerprint density at radius 2 is 1.10 bits per heavy atom. The van der Waals surface area contributed by atoms with Gasteiger partial charge in [0.2, 0.25) is 0 Å². The van der Waals surface area contributed by atoms with Crippen LogP contribution < -0.4 is 0 Å². The molecule has 3 N–H and O–H groups in total. The summed E-state index contributed by atoms with van der Waals surface area (Å²) in [7, 11) is -4.51. The van der Waals surface area contributed by atoms with Crippen LogP contribution >= 0.6 is 7.28 Å². The Bertz CT molecular complexity index is 546. The maximum absolute atomic E-state index is 10.2. The molecule has 0 fully saturated rings. The van der Waals surface area contributed by atoms with E-state index in [1.807, 2.05) is 60.7 Å². The van der Waals surface area contributed by atoms with Gasteiger partial charge in [0.25, 0.3) is 0 Å². The summed E-state index contributed by atoms with van der Waals surface area (Å²) in [4.78, 5) is 30.5. The van der Waals surface area contributed by atoms with E-state index < -0.39 is 7.28 Å². The third-order valence-corrected chi connectivity index (χ3v) is 6.00. The zero-order valence-electron chi connectivity index (χ0n) is 12.1. The molecule has 0 aliphatic heterocycles. The van der Waals surface area contributed by atoms with E-state index in [0.717, 1.165) is 17.5 Å². The predicted molar refractivity (Wildman–Crippen MR) is 88.2 cm³/mol. The van der Waals surface area contributed by atoms with E-state index in [-0.39, 0.29) is 12.3 Å². The Morgan fingerprint density at radius 1 is 0.619 bits per heavy atom. The third-order valence-electron chi connectivity index (χ3n) is 3.63. The minimum atomic E-state index is -4.51. The maximum atomic E-state index is 10.2. The number of benzene rings is 2. The molecule has 0 unspecified atom stereocenters. The molecule has 0 aliphatic carbocycles. The standard InChI is InChI=1S/C17H23O3P/c18-21(19,20,15-13-17-10-5-2-6-11-17)14-7-12-16-8-3-1-4-9-16/h1-6,8-11,18-20H,7,12-15H2. The zero-order valence-corrected chi connectivity index (χ0v) is 13.0. The van der Waals surface area contributed by atoms with E-state index in [1.54, 1.807) is 0 Å². The second-order valence-corrected chi connectivity index (χ2v) is 9.19. The van der Waals surface area contributed by atoms with E-state index in [1.165, 1.54) is 0 Å². The normalized spacial score (nSPS) is 13.6. The molecule has 0 saturated carbocycles. The summed E-state index contributed by atoms with van der Waals surface area (Å²) in [5.41, 5.74) is 2.15. The average molecular weight is 306 g/mol. The molecule has 0 saturated heterocycles. The van der Waals surface area contributed by atoms with Crippen LogP contribution in [-0.4, -0.2) is 27.0 Å². The summed E-state index contributed by atoms with van der Waals surface area (Å²) in [6, 6.07) is 19.5. The molecule has 2 aromatic carbocycles. The molecular weight excluding hydrogens is 283 g/mol. The molecule has 114 valence electrons. The van der Waals surface area contributed by atoms with Crippen molar-refractivity contribution in [2.75, 3.05) is 12.3 Å². The van der Waals surface area contributed by atoms with E-state index >= 15 is 0 Å². The fourth-order valence-electron chi connectivity index (χ4n) is 2.37. The van der Waals surface area contributed by atoms with Gasteiger partial charge in [0.1, 0.15) is 0 Å². The first-order valence-electron chi connectivity index (χ1n) is 7.26. The Hall–Kier alpha value is -1.25. The van der Waals surface area contributed by atoms with Gasteiger partial charge in [-0.05, 0) is 0 Å². The number of aryl methyl sites for hydroxylation is 2. The monoisotopic (exact) mass is 306 g/mol. The number of rotatable bonds is 7. The van der Waals surface area contributed by atoms with Crippen LogP contribution in [0.25, 0.3) is 0 Å². The molecule has 0 aromatic heterocycles. The van der Waals surface area contributed by atoms with Crippen molar-refractivity contribution in [2.24, 2.45) is 0 Å². The van der Waals surface area contributed by atoms with Gasteiger partial charge in [-0.3, -0.25) is 0 Å². The Kier molecular flexibility index (Phi) is 5.13. The SMILES string of the molecule is OP(O)(O)(CCCc1ccccc1)CCc1ccccc1. The zero-order chi connectivity index (χ0) is 15.2. The van der Waals surface area contributed by atoms with Crippen molar-refractivity contribution in [3.8, 4) is 0 Å². The third kappa shape index (κ3) is 5.94. The quantitative estimate of drug-likeness (QED) is 0.689. The second kappa shape index (κ2) is 6.67. The van der Waals surface area contributed by atoms with Crippen molar-refractivity contribution in [3.05, 3.63) is 71.8 Å². The van der Waals surface area contributed by atoms with Crippen molar-refractivity contribution < 1.29 is 14.7 Å². The molecule has 2 rings (SSSR count). The predicted octanol–water partition coefficient (Wildman–Crippen LogP) is 3.14. The molecule has 0 amide bonds. The number of hydrogen-bond donors (Lipinski definition) is 3. The molecule has 2 aromatic rings. The topological polar surface area (TPSA) is 60.7 Å². The van der Waals surface area contributed by atoms with Gasteiger partial charge < -0.3 is 0 Å². The van der Waals surface area contributed by atoms with Crippen LogP contribution in [0.3, 0.4) is 0 Å². The van der Waals surface area contributed by atoms with E-state index in [2.05, 4.69) is 0 Å². The van der Waals surface area contributed by atoms with E-state index in [9.17, 15) is 14.7 Å².